The summed E-state index contributed by atoms with van der Waals surface area (Å²) >= 11 is 0. The number of hydrogen-bond donors (Lipinski definition) is 0. The van der Waals surface area contributed by atoms with Crippen LogP contribution in [0.15, 0.2) is 35.3 Å². The van der Waals surface area contributed by atoms with Crippen LogP contribution in [0.2, 0.25) is 0 Å². The number of piperazine rings is 1. The van der Waals surface area contributed by atoms with Crippen LogP contribution >= 0.6 is 0 Å². The molecule has 2 rings (SSSR count). The summed E-state index contributed by atoms with van der Waals surface area (Å²) in [6, 6.07) is 10.7. The fourth-order valence-corrected chi connectivity index (χ4v) is 3.02. The minimum atomic E-state index is 0.893. The first-order valence-electron chi connectivity index (χ1n) is 8.49. The predicted octanol–water partition coefficient (Wildman–Crippen LogP) is 1.68. The third-order valence-corrected chi connectivity index (χ3v) is 4.18. The molecule has 1 aliphatic rings. The van der Waals surface area contributed by atoms with Crippen LogP contribution in [0.3, 0.4) is 0 Å². The molecule has 1 heterocycles. The van der Waals surface area contributed by atoms with Gasteiger partial charge in [0.1, 0.15) is 0 Å². The van der Waals surface area contributed by atoms with Crippen molar-refractivity contribution in [3.8, 4) is 0 Å². The van der Waals surface area contributed by atoms with E-state index >= 15 is 0 Å². The summed E-state index contributed by atoms with van der Waals surface area (Å²) in [6.07, 6.45) is 1.12. The number of para-hydroxylation sites is 1. The Labute approximate surface area is 141 Å². The summed E-state index contributed by atoms with van der Waals surface area (Å²) < 4.78 is 0. The zero-order valence-electron chi connectivity index (χ0n) is 15.1. The molecule has 5 nitrogen and oxygen atoms in total. The van der Waals surface area contributed by atoms with Crippen molar-refractivity contribution in [3.63, 3.8) is 0 Å². The number of anilines is 1. The molecule has 0 atom stereocenters. The lowest BCUT2D eigenvalue weighted by molar-refractivity contribution is 0.256. The maximum Gasteiger partial charge on any atom is 0.195 e. The van der Waals surface area contributed by atoms with Gasteiger partial charge in [-0.2, -0.15) is 0 Å². The Morgan fingerprint density at radius 2 is 1.57 bits per heavy atom. The van der Waals surface area contributed by atoms with Crippen molar-refractivity contribution >= 4 is 11.6 Å². The monoisotopic (exact) mass is 317 g/mol. The van der Waals surface area contributed by atoms with E-state index in [-0.39, 0.29) is 0 Å². The SMILES string of the molecule is CN(C)C(=NCCCN1CCN(c2ccccc2)CC1)N(C)C. The highest BCUT2D eigenvalue weighted by Gasteiger charge is 2.16. The van der Waals surface area contributed by atoms with E-state index in [4.69, 9.17) is 4.99 Å². The van der Waals surface area contributed by atoms with Gasteiger partial charge in [-0.3, -0.25) is 9.89 Å². The van der Waals surface area contributed by atoms with Crippen LogP contribution in [0, 0.1) is 0 Å². The molecule has 0 amide bonds. The van der Waals surface area contributed by atoms with Gasteiger partial charge in [-0.05, 0) is 18.6 Å². The van der Waals surface area contributed by atoms with Crippen molar-refractivity contribution in [1.82, 2.24) is 14.7 Å². The maximum atomic E-state index is 4.70. The summed E-state index contributed by atoms with van der Waals surface area (Å²) in [5, 5.41) is 0. The van der Waals surface area contributed by atoms with Gasteiger partial charge in [-0.15, -0.1) is 0 Å². The second kappa shape index (κ2) is 8.77. The fourth-order valence-electron chi connectivity index (χ4n) is 3.02. The Balaban J connectivity index is 1.70. The van der Waals surface area contributed by atoms with Crippen molar-refractivity contribution < 1.29 is 0 Å². The summed E-state index contributed by atoms with van der Waals surface area (Å²) in [6.45, 7) is 6.56. The van der Waals surface area contributed by atoms with Gasteiger partial charge in [0.2, 0.25) is 0 Å². The molecule has 5 heteroatoms. The van der Waals surface area contributed by atoms with E-state index in [2.05, 4.69) is 49.9 Å². The van der Waals surface area contributed by atoms with Gasteiger partial charge in [0.25, 0.3) is 0 Å². The number of hydrogen-bond acceptors (Lipinski definition) is 3. The number of benzene rings is 1. The highest BCUT2D eigenvalue weighted by Crippen LogP contribution is 2.15. The molecule has 1 aromatic rings. The van der Waals surface area contributed by atoms with E-state index in [0.29, 0.717) is 0 Å². The van der Waals surface area contributed by atoms with E-state index in [1.54, 1.807) is 0 Å². The third kappa shape index (κ3) is 5.43. The molecule has 0 radical (unpaired) electrons. The summed E-state index contributed by atoms with van der Waals surface area (Å²) in [4.78, 5) is 13.9. The van der Waals surface area contributed by atoms with Gasteiger partial charge in [0.05, 0.1) is 0 Å². The van der Waals surface area contributed by atoms with Gasteiger partial charge in [-0.1, -0.05) is 18.2 Å². The van der Waals surface area contributed by atoms with Crippen LogP contribution in [0.5, 0.6) is 0 Å². The summed E-state index contributed by atoms with van der Waals surface area (Å²) in [5.41, 5.74) is 1.35. The van der Waals surface area contributed by atoms with Crippen LogP contribution in [-0.4, -0.2) is 88.1 Å². The largest absolute Gasteiger partial charge is 0.369 e. The first kappa shape index (κ1) is 17.6. The molecular formula is C18H31N5. The van der Waals surface area contributed by atoms with Crippen LogP contribution < -0.4 is 4.90 Å². The predicted molar refractivity (Wildman–Crippen MR) is 99.4 cm³/mol. The molecule has 1 aliphatic heterocycles. The normalized spacial score (nSPS) is 15.4. The highest BCUT2D eigenvalue weighted by molar-refractivity contribution is 5.79. The molecule has 1 saturated heterocycles. The highest BCUT2D eigenvalue weighted by atomic mass is 15.3. The fraction of sp³-hybridized carbons (Fsp3) is 0.611. The average molecular weight is 317 g/mol. The van der Waals surface area contributed by atoms with Crippen molar-refractivity contribution in [3.05, 3.63) is 30.3 Å². The van der Waals surface area contributed by atoms with Gasteiger partial charge in [0, 0.05) is 73.1 Å². The van der Waals surface area contributed by atoms with Gasteiger partial charge in [0.15, 0.2) is 5.96 Å². The molecule has 1 fully saturated rings. The van der Waals surface area contributed by atoms with Crippen LogP contribution in [-0.2, 0) is 0 Å². The lowest BCUT2D eigenvalue weighted by Gasteiger charge is -2.36. The molecule has 0 spiro atoms. The quantitative estimate of drug-likeness (QED) is 0.469. The second-order valence-electron chi connectivity index (χ2n) is 6.49. The first-order valence-corrected chi connectivity index (χ1v) is 8.49. The van der Waals surface area contributed by atoms with Gasteiger partial charge >= 0.3 is 0 Å². The van der Waals surface area contributed by atoms with Crippen molar-refractivity contribution in [2.24, 2.45) is 4.99 Å². The smallest absolute Gasteiger partial charge is 0.195 e. The number of nitrogens with zero attached hydrogens (tertiary/aromatic N) is 5. The topological polar surface area (TPSA) is 25.3 Å². The van der Waals surface area contributed by atoms with E-state index in [1.807, 2.05) is 28.2 Å². The number of guanidine groups is 1. The number of aliphatic imine (C=N–C) groups is 1. The van der Waals surface area contributed by atoms with E-state index < -0.39 is 0 Å². The van der Waals surface area contributed by atoms with Crippen molar-refractivity contribution in [2.45, 2.75) is 6.42 Å². The lowest BCUT2D eigenvalue weighted by atomic mass is 10.2. The molecular weight excluding hydrogens is 286 g/mol. The van der Waals surface area contributed by atoms with E-state index in [0.717, 1.165) is 51.6 Å². The molecule has 128 valence electrons. The Kier molecular flexibility index (Phi) is 6.71. The molecule has 0 aliphatic carbocycles. The van der Waals surface area contributed by atoms with Crippen LogP contribution in [0.25, 0.3) is 0 Å². The molecule has 0 aromatic heterocycles. The molecule has 23 heavy (non-hydrogen) atoms. The molecule has 0 unspecified atom stereocenters. The van der Waals surface area contributed by atoms with Crippen molar-refractivity contribution in [2.75, 3.05) is 72.4 Å². The Morgan fingerprint density at radius 3 is 2.13 bits per heavy atom. The second-order valence-corrected chi connectivity index (χ2v) is 6.49. The minimum absolute atomic E-state index is 0.893. The number of rotatable bonds is 5. The zero-order chi connectivity index (χ0) is 16.7. The third-order valence-electron chi connectivity index (χ3n) is 4.18. The molecule has 1 aromatic carbocycles. The lowest BCUT2D eigenvalue weighted by Crippen LogP contribution is -2.46. The summed E-state index contributed by atoms with van der Waals surface area (Å²) in [5.74, 6) is 1.04. The summed E-state index contributed by atoms with van der Waals surface area (Å²) in [7, 11) is 8.17. The average Bonchev–Trinajstić information content (AvgIpc) is 2.55. The Hall–Kier alpha value is -1.75. The first-order chi connectivity index (χ1) is 11.1. The minimum Gasteiger partial charge on any atom is -0.369 e. The van der Waals surface area contributed by atoms with Crippen LogP contribution in [0.4, 0.5) is 5.69 Å². The van der Waals surface area contributed by atoms with Crippen LogP contribution in [0.1, 0.15) is 6.42 Å². The molecule has 0 N–H and O–H groups in total. The molecule has 0 bridgehead atoms. The Bertz CT molecular complexity index is 465. The standard InChI is InChI=1S/C18H31N5/c1-20(2)18(21(3)4)19-11-8-12-22-13-15-23(16-14-22)17-9-6-5-7-10-17/h5-7,9-10H,8,11-16H2,1-4H3. The van der Waals surface area contributed by atoms with Gasteiger partial charge < -0.3 is 14.7 Å². The van der Waals surface area contributed by atoms with Crippen molar-refractivity contribution in [1.29, 1.82) is 0 Å². The molecule has 0 saturated carbocycles. The maximum absolute atomic E-state index is 4.70. The van der Waals surface area contributed by atoms with Gasteiger partial charge in [-0.25, -0.2) is 0 Å². The van der Waals surface area contributed by atoms with E-state index in [1.165, 1.54) is 5.69 Å². The zero-order valence-corrected chi connectivity index (χ0v) is 15.1. The van der Waals surface area contributed by atoms with E-state index in [9.17, 15) is 0 Å². The Morgan fingerprint density at radius 1 is 0.957 bits per heavy atom.